The van der Waals surface area contributed by atoms with Crippen molar-refractivity contribution in [3.8, 4) is 0 Å². The third-order valence-electron chi connectivity index (χ3n) is 2.18. The summed E-state index contributed by atoms with van der Waals surface area (Å²) < 4.78 is 13.1. The van der Waals surface area contributed by atoms with E-state index in [-0.39, 0.29) is 11.6 Å². The monoisotopic (exact) mass is 214 g/mol. The van der Waals surface area contributed by atoms with Crippen LogP contribution in [0.3, 0.4) is 0 Å². The molecule has 0 aliphatic carbocycles. The van der Waals surface area contributed by atoms with Crippen LogP contribution in [-0.4, -0.2) is 11.2 Å². The van der Waals surface area contributed by atoms with Crippen molar-refractivity contribution in [2.75, 3.05) is 0 Å². The van der Waals surface area contributed by atoms with Crippen molar-refractivity contribution in [1.82, 2.24) is 0 Å². The van der Waals surface area contributed by atoms with Crippen molar-refractivity contribution < 1.29 is 9.18 Å². The van der Waals surface area contributed by atoms with Gasteiger partial charge in [-0.15, -0.1) is 11.6 Å². The number of halogens is 2. The lowest BCUT2D eigenvalue weighted by Crippen LogP contribution is -2.15. The molecule has 0 aliphatic heterocycles. The summed E-state index contributed by atoms with van der Waals surface area (Å²) in [6.45, 7) is 3.41. The first-order valence-corrected chi connectivity index (χ1v) is 4.95. The molecule has 0 aromatic heterocycles. The fraction of sp³-hybridized carbons (Fsp3) is 0.364. The molecule has 0 N–H and O–H groups in total. The molecule has 1 unspecified atom stereocenters. The second-order valence-electron chi connectivity index (χ2n) is 3.15. The fourth-order valence-corrected chi connectivity index (χ4v) is 1.35. The highest BCUT2D eigenvalue weighted by atomic mass is 35.5. The van der Waals surface area contributed by atoms with Crippen LogP contribution in [0.5, 0.6) is 0 Å². The Morgan fingerprint density at radius 3 is 2.79 bits per heavy atom. The van der Waals surface area contributed by atoms with Gasteiger partial charge in [0.25, 0.3) is 0 Å². The van der Waals surface area contributed by atoms with Crippen molar-refractivity contribution >= 4 is 17.4 Å². The summed E-state index contributed by atoms with van der Waals surface area (Å²) in [7, 11) is 0. The number of hydrogen-bond acceptors (Lipinski definition) is 1. The van der Waals surface area contributed by atoms with E-state index < -0.39 is 5.38 Å². The van der Waals surface area contributed by atoms with Gasteiger partial charge in [-0.3, -0.25) is 4.79 Å². The third-order valence-corrected chi connectivity index (χ3v) is 2.68. The van der Waals surface area contributed by atoms with Gasteiger partial charge in [0.2, 0.25) is 0 Å². The number of Topliss-reactive ketones (excluding diaryl/α,β-unsaturated/α-hetero) is 1. The summed E-state index contributed by atoms with van der Waals surface area (Å²) in [5.74, 6) is -0.568. The molecule has 0 fully saturated rings. The van der Waals surface area contributed by atoms with Gasteiger partial charge in [-0.05, 0) is 25.0 Å². The maximum Gasteiger partial charge on any atom is 0.181 e. The van der Waals surface area contributed by atoms with E-state index in [1.165, 1.54) is 12.1 Å². The van der Waals surface area contributed by atoms with Gasteiger partial charge in [-0.1, -0.05) is 19.1 Å². The maximum atomic E-state index is 13.1. The number of carbonyl (C=O) groups is 1. The topological polar surface area (TPSA) is 17.1 Å². The predicted octanol–water partition coefficient (Wildman–Crippen LogP) is 3.33. The predicted molar refractivity (Wildman–Crippen MR) is 55.4 cm³/mol. The Morgan fingerprint density at radius 1 is 1.57 bits per heavy atom. The van der Waals surface area contributed by atoms with Crippen LogP contribution in [0.1, 0.15) is 29.3 Å². The molecule has 1 aromatic rings. The van der Waals surface area contributed by atoms with Crippen molar-refractivity contribution in [3.05, 3.63) is 35.1 Å². The summed E-state index contributed by atoms with van der Waals surface area (Å²) in [5.41, 5.74) is 0.753. The van der Waals surface area contributed by atoms with Gasteiger partial charge in [0.15, 0.2) is 5.78 Å². The van der Waals surface area contributed by atoms with E-state index in [1.807, 2.05) is 6.92 Å². The molecule has 1 nitrogen and oxygen atoms in total. The Labute approximate surface area is 87.9 Å². The average molecular weight is 215 g/mol. The Balaban J connectivity index is 3.07. The van der Waals surface area contributed by atoms with Gasteiger partial charge in [-0.25, -0.2) is 4.39 Å². The van der Waals surface area contributed by atoms with Gasteiger partial charge in [0.05, 0.1) is 5.38 Å². The molecule has 0 aliphatic rings. The zero-order valence-corrected chi connectivity index (χ0v) is 8.94. The number of carbonyl (C=O) groups excluding carboxylic acids is 1. The van der Waals surface area contributed by atoms with Gasteiger partial charge >= 0.3 is 0 Å². The van der Waals surface area contributed by atoms with Crippen molar-refractivity contribution in [2.45, 2.75) is 25.6 Å². The van der Waals surface area contributed by atoms with E-state index in [0.717, 1.165) is 0 Å². The molecule has 0 saturated heterocycles. The number of ketones is 1. The Kier molecular flexibility index (Phi) is 3.64. The SMILES string of the molecule is CCC(Cl)C(=O)c1cccc(F)c1C. The molecule has 0 heterocycles. The Morgan fingerprint density at radius 2 is 2.21 bits per heavy atom. The molecule has 1 rings (SSSR count). The molecule has 0 amide bonds. The van der Waals surface area contributed by atoms with Crippen LogP contribution in [0.2, 0.25) is 0 Å². The second kappa shape index (κ2) is 4.56. The third kappa shape index (κ3) is 2.13. The van der Waals surface area contributed by atoms with Crippen molar-refractivity contribution in [1.29, 1.82) is 0 Å². The van der Waals surface area contributed by atoms with Crippen LogP contribution in [0.25, 0.3) is 0 Å². The van der Waals surface area contributed by atoms with Gasteiger partial charge in [0, 0.05) is 5.56 Å². The molecule has 76 valence electrons. The van der Waals surface area contributed by atoms with Crippen molar-refractivity contribution in [2.24, 2.45) is 0 Å². The Bertz CT molecular complexity index is 349. The number of benzene rings is 1. The van der Waals surface area contributed by atoms with E-state index in [0.29, 0.717) is 17.5 Å². The molecule has 1 aromatic carbocycles. The fourth-order valence-electron chi connectivity index (χ4n) is 1.23. The molecular weight excluding hydrogens is 203 g/mol. The summed E-state index contributed by atoms with van der Waals surface area (Å²) >= 11 is 5.80. The second-order valence-corrected chi connectivity index (χ2v) is 3.68. The molecular formula is C11H12ClFO. The normalized spacial score (nSPS) is 12.6. The zero-order chi connectivity index (χ0) is 10.7. The van der Waals surface area contributed by atoms with E-state index in [9.17, 15) is 9.18 Å². The lowest BCUT2D eigenvalue weighted by atomic mass is 10.0. The van der Waals surface area contributed by atoms with Crippen LogP contribution in [0.4, 0.5) is 4.39 Å². The molecule has 14 heavy (non-hydrogen) atoms. The van der Waals surface area contributed by atoms with Crippen LogP contribution in [-0.2, 0) is 0 Å². The number of alkyl halides is 1. The minimum absolute atomic E-state index is 0.203. The summed E-state index contributed by atoms with van der Waals surface area (Å²) in [5, 5.41) is -0.560. The quantitative estimate of drug-likeness (QED) is 0.557. The Hall–Kier alpha value is -0.890. The van der Waals surface area contributed by atoms with E-state index >= 15 is 0 Å². The van der Waals surface area contributed by atoms with Crippen LogP contribution in [0, 0.1) is 12.7 Å². The van der Waals surface area contributed by atoms with E-state index in [1.54, 1.807) is 13.0 Å². The van der Waals surface area contributed by atoms with Crippen LogP contribution >= 0.6 is 11.6 Å². The lowest BCUT2D eigenvalue weighted by molar-refractivity contribution is 0.0984. The first-order valence-electron chi connectivity index (χ1n) is 4.51. The average Bonchev–Trinajstić information content (AvgIpc) is 2.20. The molecule has 0 bridgehead atoms. The number of hydrogen-bond donors (Lipinski definition) is 0. The highest BCUT2D eigenvalue weighted by molar-refractivity contribution is 6.34. The van der Waals surface area contributed by atoms with Gasteiger partial charge in [-0.2, -0.15) is 0 Å². The van der Waals surface area contributed by atoms with Crippen LogP contribution in [0.15, 0.2) is 18.2 Å². The molecule has 0 spiro atoms. The largest absolute Gasteiger partial charge is 0.292 e. The minimum atomic E-state index is -0.560. The van der Waals surface area contributed by atoms with Crippen LogP contribution < -0.4 is 0 Å². The van der Waals surface area contributed by atoms with Crippen molar-refractivity contribution in [3.63, 3.8) is 0 Å². The first kappa shape index (κ1) is 11.2. The van der Waals surface area contributed by atoms with E-state index in [2.05, 4.69) is 0 Å². The molecule has 1 atom stereocenters. The first-order chi connectivity index (χ1) is 6.57. The highest BCUT2D eigenvalue weighted by Gasteiger charge is 2.18. The standard InChI is InChI=1S/C11H12ClFO/c1-3-9(12)11(14)8-5-4-6-10(13)7(8)2/h4-6,9H,3H2,1-2H3. The van der Waals surface area contributed by atoms with Gasteiger partial charge in [0.1, 0.15) is 5.82 Å². The zero-order valence-electron chi connectivity index (χ0n) is 8.18. The summed E-state index contributed by atoms with van der Waals surface area (Å²) in [6.07, 6.45) is 0.552. The molecule has 0 saturated carbocycles. The van der Waals surface area contributed by atoms with E-state index in [4.69, 9.17) is 11.6 Å². The summed E-state index contributed by atoms with van der Waals surface area (Å²) in [6, 6.07) is 4.46. The van der Waals surface area contributed by atoms with Gasteiger partial charge < -0.3 is 0 Å². The summed E-state index contributed by atoms with van der Waals surface area (Å²) in [4.78, 5) is 11.7. The minimum Gasteiger partial charge on any atom is -0.292 e. The maximum absolute atomic E-state index is 13.1. The molecule has 0 radical (unpaired) electrons. The smallest absolute Gasteiger partial charge is 0.181 e. The lowest BCUT2D eigenvalue weighted by Gasteiger charge is -2.08. The number of rotatable bonds is 3. The molecule has 3 heteroatoms. The highest BCUT2D eigenvalue weighted by Crippen LogP contribution is 2.17.